The summed E-state index contributed by atoms with van der Waals surface area (Å²) in [5, 5.41) is 0. The maximum atomic E-state index is 11.7. The van der Waals surface area contributed by atoms with E-state index >= 15 is 0 Å². The van der Waals surface area contributed by atoms with E-state index in [1.807, 2.05) is 0 Å². The van der Waals surface area contributed by atoms with E-state index in [-0.39, 0.29) is 17.1 Å². The van der Waals surface area contributed by atoms with E-state index in [0.29, 0.717) is 5.92 Å². The third kappa shape index (κ3) is 2.46. The fourth-order valence-corrected chi connectivity index (χ4v) is 2.86. The van der Waals surface area contributed by atoms with Gasteiger partial charge in [0.2, 0.25) is 0 Å². The lowest BCUT2D eigenvalue weighted by molar-refractivity contribution is -0.126. The molecule has 1 nitrogen and oxygen atoms in total. The van der Waals surface area contributed by atoms with Gasteiger partial charge in [-0.3, -0.25) is 4.79 Å². The van der Waals surface area contributed by atoms with E-state index in [1.165, 1.54) is 12.8 Å². The summed E-state index contributed by atoms with van der Waals surface area (Å²) >= 11 is 5.66. The molecular formula is C11H19ClO. The Hall–Kier alpha value is -0.0400. The standard InChI is InChI=1S/C11H19ClO/c1-9(2)7-11(10(13)8-12)5-3-4-6-11/h9H,3-8H2,1-2H3. The van der Waals surface area contributed by atoms with Crippen molar-refractivity contribution in [2.24, 2.45) is 11.3 Å². The van der Waals surface area contributed by atoms with Gasteiger partial charge in [0.05, 0.1) is 5.88 Å². The van der Waals surface area contributed by atoms with Crippen LogP contribution >= 0.6 is 11.6 Å². The Kier molecular flexibility index (Phi) is 3.78. The highest BCUT2D eigenvalue weighted by atomic mass is 35.5. The molecule has 0 radical (unpaired) electrons. The van der Waals surface area contributed by atoms with Crippen LogP contribution in [0.5, 0.6) is 0 Å². The molecule has 0 unspecified atom stereocenters. The Balaban J connectivity index is 2.68. The van der Waals surface area contributed by atoms with Crippen molar-refractivity contribution < 1.29 is 4.79 Å². The Labute approximate surface area is 85.8 Å². The first-order valence-electron chi connectivity index (χ1n) is 5.20. The molecule has 0 atom stereocenters. The summed E-state index contributed by atoms with van der Waals surface area (Å²) in [7, 11) is 0. The van der Waals surface area contributed by atoms with E-state index in [2.05, 4.69) is 13.8 Å². The average molecular weight is 203 g/mol. The number of hydrogen-bond donors (Lipinski definition) is 0. The van der Waals surface area contributed by atoms with Crippen LogP contribution in [0.4, 0.5) is 0 Å². The third-order valence-corrected chi connectivity index (χ3v) is 3.32. The molecule has 0 aromatic heterocycles. The quantitative estimate of drug-likeness (QED) is 0.639. The number of carbonyl (C=O) groups excluding carboxylic acids is 1. The van der Waals surface area contributed by atoms with E-state index in [1.54, 1.807) is 0 Å². The molecule has 0 heterocycles. The summed E-state index contributed by atoms with van der Waals surface area (Å²) in [6.45, 7) is 4.36. The molecule has 1 saturated carbocycles. The maximum absolute atomic E-state index is 11.7. The van der Waals surface area contributed by atoms with Crippen molar-refractivity contribution in [2.75, 3.05) is 5.88 Å². The van der Waals surface area contributed by atoms with Crippen LogP contribution in [-0.4, -0.2) is 11.7 Å². The zero-order valence-electron chi connectivity index (χ0n) is 8.61. The Morgan fingerprint density at radius 2 is 1.92 bits per heavy atom. The summed E-state index contributed by atoms with van der Waals surface area (Å²) in [6.07, 6.45) is 5.57. The van der Waals surface area contributed by atoms with Crippen molar-refractivity contribution in [3.8, 4) is 0 Å². The fourth-order valence-electron chi connectivity index (χ4n) is 2.57. The van der Waals surface area contributed by atoms with E-state index < -0.39 is 0 Å². The minimum Gasteiger partial charge on any atom is -0.298 e. The van der Waals surface area contributed by atoms with Gasteiger partial charge in [0.1, 0.15) is 0 Å². The molecule has 0 amide bonds. The van der Waals surface area contributed by atoms with Crippen molar-refractivity contribution in [3.05, 3.63) is 0 Å². The van der Waals surface area contributed by atoms with Crippen LogP contribution in [0.3, 0.4) is 0 Å². The van der Waals surface area contributed by atoms with Gasteiger partial charge in [-0.2, -0.15) is 0 Å². The maximum Gasteiger partial charge on any atom is 0.153 e. The number of Topliss-reactive ketones (excluding diaryl/α,β-unsaturated/α-hetero) is 1. The summed E-state index contributed by atoms with van der Waals surface area (Å²) < 4.78 is 0. The Morgan fingerprint density at radius 3 is 2.31 bits per heavy atom. The zero-order chi connectivity index (χ0) is 9.90. The topological polar surface area (TPSA) is 17.1 Å². The number of carbonyl (C=O) groups is 1. The lowest BCUT2D eigenvalue weighted by Crippen LogP contribution is -2.30. The average Bonchev–Trinajstić information content (AvgIpc) is 2.51. The predicted molar refractivity (Wildman–Crippen MR) is 56.1 cm³/mol. The van der Waals surface area contributed by atoms with Crippen LogP contribution in [0, 0.1) is 11.3 Å². The molecule has 1 rings (SSSR count). The second-order valence-electron chi connectivity index (χ2n) is 4.64. The van der Waals surface area contributed by atoms with Gasteiger partial charge in [-0.1, -0.05) is 26.7 Å². The number of hydrogen-bond acceptors (Lipinski definition) is 1. The number of halogens is 1. The van der Waals surface area contributed by atoms with Gasteiger partial charge in [0.15, 0.2) is 5.78 Å². The number of ketones is 1. The van der Waals surface area contributed by atoms with Crippen molar-refractivity contribution in [3.63, 3.8) is 0 Å². The van der Waals surface area contributed by atoms with Gasteiger partial charge < -0.3 is 0 Å². The molecular weight excluding hydrogens is 184 g/mol. The van der Waals surface area contributed by atoms with Gasteiger partial charge in [-0.15, -0.1) is 11.6 Å². The lowest BCUT2D eigenvalue weighted by Gasteiger charge is -2.28. The van der Waals surface area contributed by atoms with Gasteiger partial charge in [-0.05, 0) is 25.2 Å². The second-order valence-corrected chi connectivity index (χ2v) is 4.91. The molecule has 0 saturated heterocycles. The van der Waals surface area contributed by atoms with Crippen molar-refractivity contribution in [1.29, 1.82) is 0 Å². The zero-order valence-corrected chi connectivity index (χ0v) is 9.36. The largest absolute Gasteiger partial charge is 0.298 e. The molecule has 0 aromatic carbocycles. The first-order valence-corrected chi connectivity index (χ1v) is 5.73. The van der Waals surface area contributed by atoms with Crippen LogP contribution in [0.2, 0.25) is 0 Å². The van der Waals surface area contributed by atoms with Crippen LogP contribution in [0.25, 0.3) is 0 Å². The second kappa shape index (κ2) is 4.45. The number of rotatable bonds is 4. The van der Waals surface area contributed by atoms with Crippen LogP contribution in [0.1, 0.15) is 46.0 Å². The highest BCUT2D eigenvalue weighted by Gasteiger charge is 2.40. The SMILES string of the molecule is CC(C)CC1(C(=O)CCl)CCCC1. The van der Waals surface area contributed by atoms with Crippen LogP contribution in [-0.2, 0) is 4.79 Å². The van der Waals surface area contributed by atoms with Gasteiger partial charge in [0.25, 0.3) is 0 Å². The molecule has 1 aliphatic carbocycles. The first kappa shape index (κ1) is 11.0. The van der Waals surface area contributed by atoms with E-state index in [0.717, 1.165) is 19.3 Å². The molecule has 13 heavy (non-hydrogen) atoms. The van der Waals surface area contributed by atoms with E-state index in [9.17, 15) is 4.79 Å². The van der Waals surface area contributed by atoms with Crippen molar-refractivity contribution in [2.45, 2.75) is 46.0 Å². The summed E-state index contributed by atoms with van der Waals surface area (Å²) in [6, 6.07) is 0. The minimum atomic E-state index is -0.0457. The van der Waals surface area contributed by atoms with Gasteiger partial charge >= 0.3 is 0 Å². The Morgan fingerprint density at radius 1 is 1.38 bits per heavy atom. The van der Waals surface area contributed by atoms with Crippen molar-refractivity contribution in [1.82, 2.24) is 0 Å². The molecule has 1 fully saturated rings. The van der Waals surface area contributed by atoms with Gasteiger partial charge in [-0.25, -0.2) is 0 Å². The van der Waals surface area contributed by atoms with Crippen LogP contribution in [0.15, 0.2) is 0 Å². The molecule has 2 heteroatoms. The molecule has 0 spiro atoms. The summed E-state index contributed by atoms with van der Waals surface area (Å²) in [5.74, 6) is 1.08. The fraction of sp³-hybridized carbons (Fsp3) is 0.909. The van der Waals surface area contributed by atoms with Crippen molar-refractivity contribution >= 4 is 17.4 Å². The highest BCUT2D eigenvalue weighted by Crippen LogP contribution is 2.44. The first-order chi connectivity index (χ1) is 6.10. The van der Waals surface area contributed by atoms with E-state index in [4.69, 9.17) is 11.6 Å². The molecule has 1 aliphatic rings. The Bertz CT molecular complexity index is 181. The molecule has 0 bridgehead atoms. The minimum absolute atomic E-state index is 0.0457. The molecule has 76 valence electrons. The summed E-state index contributed by atoms with van der Waals surface area (Å²) in [5.41, 5.74) is -0.0457. The molecule has 0 N–H and O–H groups in total. The molecule has 0 aromatic rings. The summed E-state index contributed by atoms with van der Waals surface area (Å²) in [4.78, 5) is 11.7. The normalized spacial score (nSPS) is 20.9. The highest BCUT2D eigenvalue weighted by molar-refractivity contribution is 6.28. The number of alkyl halides is 1. The third-order valence-electron chi connectivity index (χ3n) is 3.07. The monoisotopic (exact) mass is 202 g/mol. The van der Waals surface area contributed by atoms with Gasteiger partial charge in [0, 0.05) is 5.41 Å². The lowest BCUT2D eigenvalue weighted by atomic mass is 9.75. The molecule has 0 aliphatic heterocycles. The predicted octanol–water partition coefficient (Wildman–Crippen LogP) is 3.40. The smallest absolute Gasteiger partial charge is 0.153 e. The van der Waals surface area contributed by atoms with Crippen LogP contribution < -0.4 is 0 Å².